The molecule has 2 atom stereocenters. The number of carboxylic acids is 1. The van der Waals surface area contributed by atoms with E-state index in [-0.39, 0.29) is 23.8 Å². The summed E-state index contributed by atoms with van der Waals surface area (Å²) in [6, 6.07) is 0. The van der Waals surface area contributed by atoms with E-state index in [2.05, 4.69) is 20.8 Å². The molecule has 0 spiro atoms. The molecule has 0 aliphatic heterocycles. The molecule has 1 rings (SSSR count). The molecule has 0 bridgehead atoms. The molecule has 2 unspecified atom stereocenters. The molecule has 1 amide bonds. The van der Waals surface area contributed by atoms with Crippen molar-refractivity contribution in [2.75, 3.05) is 13.1 Å². The van der Waals surface area contributed by atoms with Gasteiger partial charge in [-0.1, -0.05) is 20.8 Å². The van der Waals surface area contributed by atoms with Crippen LogP contribution in [0.25, 0.3) is 0 Å². The van der Waals surface area contributed by atoms with Gasteiger partial charge in [-0.15, -0.1) is 0 Å². The maximum Gasteiger partial charge on any atom is 0.323 e. The Morgan fingerprint density at radius 2 is 1.94 bits per heavy atom. The summed E-state index contributed by atoms with van der Waals surface area (Å²) >= 11 is 0. The van der Waals surface area contributed by atoms with Crippen molar-refractivity contribution in [2.24, 2.45) is 17.3 Å². The van der Waals surface area contributed by atoms with Gasteiger partial charge in [0.1, 0.15) is 6.54 Å². The van der Waals surface area contributed by atoms with E-state index in [9.17, 15) is 9.59 Å². The van der Waals surface area contributed by atoms with E-state index in [0.717, 1.165) is 19.3 Å². The quantitative estimate of drug-likeness (QED) is 0.839. The molecule has 104 valence electrons. The first kappa shape index (κ1) is 15.0. The second-order valence-corrected chi connectivity index (χ2v) is 6.36. The normalized spacial score (nSPS) is 26.7. The van der Waals surface area contributed by atoms with Crippen molar-refractivity contribution in [1.29, 1.82) is 0 Å². The van der Waals surface area contributed by atoms with Gasteiger partial charge in [0.05, 0.1) is 0 Å². The van der Waals surface area contributed by atoms with Gasteiger partial charge in [-0.25, -0.2) is 0 Å². The van der Waals surface area contributed by atoms with Gasteiger partial charge in [-0.05, 0) is 37.5 Å². The monoisotopic (exact) mass is 255 g/mol. The van der Waals surface area contributed by atoms with Crippen LogP contribution in [0, 0.1) is 17.3 Å². The zero-order chi connectivity index (χ0) is 13.9. The van der Waals surface area contributed by atoms with Crippen molar-refractivity contribution in [1.82, 2.24) is 4.90 Å². The fraction of sp³-hybridized carbons (Fsp3) is 0.857. The molecular formula is C14H25NO3. The maximum atomic E-state index is 12.4. The van der Waals surface area contributed by atoms with Crippen molar-refractivity contribution >= 4 is 11.9 Å². The summed E-state index contributed by atoms with van der Waals surface area (Å²) in [5.41, 5.74) is 0.181. The average molecular weight is 255 g/mol. The largest absolute Gasteiger partial charge is 0.480 e. The Morgan fingerprint density at radius 3 is 2.39 bits per heavy atom. The summed E-state index contributed by atoms with van der Waals surface area (Å²) in [5, 5.41) is 8.82. The molecule has 0 saturated heterocycles. The number of nitrogens with zero attached hydrogens (tertiary/aromatic N) is 1. The number of amides is 1. The Kier molecular flexibility index (Phi) is 4.77. The Bertz CT molecular complexity index is 325. The topological polar surface area (TPSA) is 57.6 Å². The Morgan fingerprint density at radius 1 is 1.33 bits per heavy atom. The van der Waals surface area contributed by atoms with Gasteiger partial charge in [-0.2, -0.15) is 0 Å². The Balaban J connectivity index is 2.72. The molecule has 0 heterocycles. The molecule has 1 aliphatic rings. The van der Waals surface area contributed by atoms with Gasteiger partial charge in [0, 0.05) is 12.5 Å². The summed E-state index contributed by atoms with van der Waals surface area (Å²) in [7, 11) is 0. The van der Waals surface area contributed by atoms with Gasteiger partial charge >= 0.3 is 5.97 Å². The molecule has 1 saturated carbocycles. The number of aliphatic carboxylic acids is 1. The summed E-state index contributed by atoms with van der Waals surface area (Å²) < 4.78 is 0. The third kappa shape index (κ3) is 4.00. The molecule has 4 nitrogen and oxygen atoms in total. The third-order valence-corrected chi connectivity index (χ3v) is 3.76. The molecule has 18 heavy (non-hydrogen) atoms. The van der Waals surface area contributed by atoms with Gasteiger partial charge in [0.2, 0.25) is 5.91 Å². The van der Waals surface area contributed by atoms with Crippen LogP contribution in [0.5, 0.6) is 0 Å². The van der Waals surface area contributed by atoms with E-state index >= 15 is 0 Å². The van der Waals surface area contributed by atoms with Crippen LogP contribution in [-0.2, 0) is 9.59 Å². The zero-order valence-electron chi connectivity index (χ0n) is 11.9. The van der Waals surface area contributed by atoms with E-state index in [4.69, 9.17) is 5.11 Å². The molecule has 1 fully saturated rings. The first-order valence-electron chi connectivity index (χ1n) is 6.75. The standard InChI is InChI=1S/C14H25NO3/c1-5-15(9-12(16)17)13(18)11-6-10(2)7-14(3,4)8-11/h10-11H,5-9H2,1-4H3,(H,16,17). The number of rotatable bonds is 4. The van der Waals surface area contributed by atoms with E-state index < -0.39 is 5.97 Å². The predicted octanol–water partition coefficient (Wildman–Crippen LogP) is 2.38. The van der Waals surface area contributed by atoms with E-state index in [1.54, 1.807) is 0 Å². The fourth-order valence-electron chi connectivity index (χ4n) is 3.30. The number of hydrogen-bond donors (Lipinski definition) is 1. The lowest BCUT2D eigenvalue weighted by Gasteiger charge is -2.39. The van der Waals surface area contributed by atoms with E-state index in [0.29, 0.717) is 12.5 Å². The SMILES string of the molecule is CCN(CC(=O)O)C(=O)C1CC(C)CC(C)(C)C1. The smallest absolute Gasteiger partial charge is 0.323 e. The van der Waals surface area contributed by atoms with Crippen molar-refractivity contribution in [3.8, 4) is 0 Å². The Hall–Kier alpha value is -1.06. The molecule has 0 aromatic heterocycles. The summed E-state index contributed by atoms with van der Waals surface area (Å²) in [5.74, 6) is -0.401. The van der Waals surface area contributed by atoms with Gasteiger partial charge in [0.15, 0.2) is 0 Å². The predicted molar refractivity (Wildman–Crippen MR) is 70.2 cm³/mol. The van der Waals surface area contributed by atoms with Crippen LogP contribution >= 0.6 is 0 Å². The van der Waals surface area contributed by atoms with Crippen LogP contribution in [0.3, 0.4) is 0 Å². The molecule has 1 N–H and O–H groups in total. The van der Waals surface area contributed by atoms with E-state index in [1.165, 1.54) is 4.90 Å². The highest BCUT2D eigenvalue weighted by Gasteiger charge is 2.37. The van der Waals surface area contributed by atoms with Crippen LogP contribution in [0.1, 0.15) is 47.0 Å². The van der Waals surface area contributed by atoms with Crippen molar-refractivity contribution < 1.29 is 14.7 Å². The molecule has 0 aromatic rings. The number of carboxylic acid groups (broad SMARTS) is 1. The second-order valence-electron chi connectivity index (χ2n) is 6.36. The first-order valence-corrected chi connectivity index (χ1v) is 6.75. The van der Waals surface area contributed by atoms with Crippen LogP contribution in [-0.4, -0.2) is 35.0 Å². The lowest BCUT2D eigenvalue weighted by Crippen LogP contribution is -2.43. The average Bonchev–Trinajstić information content (AvgIpc) is 2.21. The summed E-state index contributed by atoms with van der Waals surface area (Å²) in [6.07, 6.45) is 2.90. The van der Waals surface area contributed by atoms with E-state index in [1.807, 2.05) is 6.92 Å². The number of carbonyl (C=O) groups excluding carboxylic acids is 1. The van der Waals surface area contributed by atoms with Crippen LogP contribution in [0.15, 0.2) is 0 Å². The number of likely N-dealkylation sites (N-methyl/N-ethyl adjacent to an activating group) is 1. The van der Waals surface area contributed by atoms with Crippen LogP contribution in [0.2, 0.25) is 0 Å². The first-order chi connectivity index (χ1) is 8.25. The highest BCUT2D eigenvalue weighted by Crippen LogP contribution is 2.42. The molecule has 1 aliphatic carbocycles. The minimum absolute atomic E-state index is 0.0111. The number of hydrogen-bond acceptors (Lipinski definition) is 2. The van der Waals surface area contributed by atoms with Crippen LogP contribution < -0.4 is 0 Å². The molecular weight excluding hydrogens is 230 g/mol. The summed E-state index contributed by atoms with van der Waals surface area (Å²) in [4.78, 5) is 24.6. The minimum atomic E-state index is -0.937. The van der Waals surface area contributed by atoms with Gasteiger partial charge < -0.3 is 10.0 Å². The lowest BCUT2D eigenvalue weighted by molar-refractivity contribution is -0.147. The minimum Gasteiger partial charge on any atom is -0.480 e. The van der Waals surface area contributed by atoms with Crippen LogP contribution in [0.4, 0.5) is 0 Å². The second kappa shape index (κ2) is 5.72. The third-order valence-electron chi connectivity index (χ3n) is 3.76. The molecule has 0 radical (unpaired) electrons. The fourth-order valence-corrected chi connectivity index (χ4v) is 3.30. The zero-order valence-corrected chi connectivity index (χ0v) is 11.9. The van der Waals surface area contributed by atoms with Crippen molar-refractivity contribution in [3.63, 3.8) is 0 Å². The van der Waals surface area contributed by atoms with Gasteiger partial charge in [-0.3, -0.25) is 9.59 Å². The Labute approximate surface area is 109 Å². The van der Waals surface area contributed by atoms with Crippen molar-refractivity contribution in [3.05, 3.63) is 0 Å². The lowest BCUT2D eigenvalue weighted by atomic mass is 9.67. The summed E-state index contributed by atoms with van der Waals surface area (Å²) in [6.45, 7) is 8.68. The maximum absolute atomic E-state index is 12.4. The highest BCUT2D eigenvalue weighted by atomic mass is 16.4. The van der Waals surface area contributed by atoms with Crippen molar-refractivity contribution in [2.45, 2.75) is 47.0 Å². The number of carbonyl (C=O) groups is 2. The molecule has 4 heteroatoms. The molecule has 0 aromatic carbocycles. The van der Waals surface area contributed by atoms with Gasteiger partial charge in [0.25, 0.3) is 0 Å². The highest BCUT2D eigenvalue weighted by molar-refractivity contribution is 5.83.